The van der Waals surface area contributed by atoms with Crippen LogP contribution in [0.25, 0.3) is 0 Å². The fourth-order valence-electron chi connectivity index (χ4n) is 0.700. The maximum atomic E-state index is 5.36. The lowest BCUT2D eigenvalue weighted by Crippen LogP contribution is -2.27. The summed E-state index contributed by atoms with van der Waals surface area (Å²) in [6.07, 6.45) is 0.141. The lowest BCUT2D eigenvalue weighted by Gasteiger charge is -2.21. The van der Waals surface area contributed by atoms with Crippen molar-refractivity contribution in [3.05, 3.63) is 0 Å². The summed E-state index contributed by atoms with van der Waals surface area (Å²) in [7, 11) is 0. The van der Waals surface area contributed by atoms with Gasteiger partial charge in [0.15, 0.2) is 12.6 Å². The van der Waals surface area contributed by atoms with Crippen molar-refractivity contribution in [3.63, 3.8) is 0 Å². The molecule has 0 spiro atoms. The normalized spacial score (nSPS) is 33.3. The molecule has 10 heavy (non-hydrogen) atoms. The Kier molecular flexibility index (Phi) is 2.28. The van der Waals surface area contributed by atoms with Crippen LogP contribution in [-0.2, 0) is 14.2 Å². The minimum absolute atomic E-state index is 0.141. The Morgan fingerprint density at radius 2 is 2.00 bits per heavy atom. The summed E-state index contributed by atoms with van der Waals surface area (Å²) in [5.41, 5.74) is 0. The molecule has 0 amide bonds. The van der Waals surface area contributed by atoms with E-state index in [2.05, 4.69) is 0 Å². The van der Waals surface area contributed by atoms with Crippen molar-refractivity contribution in [1.82, 2.24) is 0 Å². The van der Waals surface area contributed by atoms with E-state index in [1.807, 2.05) is 20.8 Å². The summed E-state index contributed by atoms with van der Waals surface area (Å²) in [6.45, 7) is 6.66. The first-order chi connectivity index (χ1) is 4.60. The highest BCUT2D eigenvalue weighted by molar-refractivity contribution is 4.58. The molecule has 3 nitrogen and oxygen atoms in total. The first-order valence-corrected chi connectivity index (χ1v) is 3.50. The SMILES string of the molecule is CC1COC(C)(C)OCO1. The van der Waals surface area contributed by atoms with Crippen LogP contribution in [0.1, 0.15) is 20.8 Å². The molecular formula is C7H14O3. The first kappa shape index (κ1) is 7.98. The van der Waals surface area contributed by atoms with Crippen LogP contribution >= 0.6 is 0 Å². The molecule has 3 heteroatoms. The molecule has 1 rings (SSSR count). The molecule has 60 valence electrons. The van der Waals surface area contributed by atoms with E-state index in [1.54, 1.807) is 0 Å². The van der Waals surface area contributed by atoms with Crippen LogP contribution in [-0.4, -0.2) is 25.3 Å². The molecule has 0 aromatic rings. The van der Waals surface area contributed by atoms with Gasteiger partial charge in [0.05, 0.1) is 12.7 Å². The van der Waals surface area contributed by atoms with Crippen molar-refractivity contribution in [3.8, 4) is 0 Å². The van der Waals surface area contributed by atoms with Crippen LogP contribution in [0.3, 0.4) is 0 Å². The lowest BCUT2D eigenvalue weighted by atomic mass is 10.4. The summed E-state index contributed by atoms with van der Waals surface area (Å²) < 4.78 is 15.8. The maximum absolute atomic E-state index is 5.36. The number of ether oxygens (including phenoxy) is 3. The Balaban J connectivity index is 2.41. The molecule has 1 atom stereocenters. The van der Waals surface area contributed by atoms with Crippen molar-refractivity contribution in [1.29, 1.82) is 0 Å². The van der Waals surface area contributed by atoms with E-state index in [0.717, 1.165) is 0 Å². The van der Waals surface area contributed by atoms with Gasteiger partial charge in [0.2, 0.25) is 0 Å². The highest BCUT2D eigenvalue weighted by atomic mass is 16.8. The van der Waals surface area contributed by atoms with E-state index in [1.165, 1.54) is 0 Å². The van der Waals surface area contributed by atoms with E-state index >= 15 is 0 Å². The van der Waals surface area contributed by atoms with E-state index in [-0.39, 0.29) is 6.10 Å². The Morgan fingerprint density at radius 3 is 2.70 bits per heavy atom. The minimum atomic E-state index is -0.481. The van der Waals surface area contributed by atoms with Gasteiger partial charge in [-0.3, -0.25) is 0 Å². The molecular weight excluding hydrogens is 132 g/mol. The molecule has 1 unspecified atom stereocenters. The first-order valence-electron chi connectivity index (χ1n) is 3.50. The van der Waals surface area contributed by atoms with E-state index in [4.69, 9.17) is 14.2 Å². The fourth-order valence-corrected chi connectivity index (χ4v) is 0.700. The Morgan fingerprint density at radius 1 is 1.30 bits per heavy atom. The van der Waals surface area contributed by atoms with Gasteiger partial charge >= 0.3 is 0 Å². The molecule has 1 saturated heterocycles. The summed E-state index contributed by atoms with van der Waals surface area (Å²) in [5, 5.41) is 0. The van der Waals surface area contributed by atoms with Crippen LogP contribution < -0.4 is 0 Å². The number of hydrogen-bond acceptors (Lipinski definition) is 3. The third kappa shape index (κ3) is 2.25. The van der Waals surface area contributed by atoms with Gasteiger partial charge in [0.1, 0.15) is 0 Å². The van der Waals surface area contributed by atoms with Crippen LogP contribution in [0.5, 0.6) is 0 Å². The minimum Gasteiger partial charge on any atom is -0.350 e. The lowest BCUT2D eigenvalue weighted by molar-refractivity contribution is -0.217. The molecule has 0 bridgehead atoms. The highest BCUT2D eigenvalue weighted by Gasteiger charge is 2.23. The molecule has 1 heterocycles. The average molecular weight is 146 g/mol. The van der Waals surface area contributed by atoms with Gasteiger partial charge in [0.25, 0.3) is 0 Å². The topological polar surface area (TPSA) is 27.7 Å². The predicted molar refractivity (Wildman–Crippen MR) is 36.5 cm³/mol. The number of rotatable bonds is 0. The summed E-state index contributed by atoms with van der Waals surface area (Å²) in [6, 6.07) is 0. The molecule has 0 aliphatic carbocycles. The van der Waals surface area contributed by atoms with Crippen molar-refractivity contribution in [2.75, 3.05) is 13.4 Å². The average Bonchev–Trinajstić information content (AvgIpc) is 1.94. The molecule has 0 radical (unpaired) electrons. The Labute approximate surface area is 61.3 Å². The van der Waals surface area contributed by atoms with Gasteiger partial charge in [-0.25, -0.2) is 0 Å². The largest absolute Gasteiger partial charge is 0.350 e. The van der Waals surface area contributed by atoms with Gasteiger partial charge in [-0.05, 0) is 20.8 Å². The van der Waals surface area contributed by atoms with Gasteiger partial charge in [-0.15, -0.1) is 0 Å². The zero-order chi connectivity index (χ0) is 7.61. The third-order valence-corrected chi connectivity index (χ3v) is 1.42. The second-order valence-corrected chi connectivity index (χ2v) is 2.95. The van der Waals surface area contributed by atoms with Crippen molar-refractivity contribution in [2.45, 2.75) is 32.7 Å². The van der Waals surface area contributed by atoms with Gasteiger partial charge in [-0.1, -0.05) is 0 Å². The molecule has 0 aromatic heterocycles. The van der Waals surface area contributed by atoms with Gasteiger partial charge in [0, 0.05) is 0 Å². The molecule has 1 aliphatic heterocycles. The highest BCUT2D eigenvalue weighted by Crippen LogP contribution is 2.15. The maximum Gasteiger partial charge on any atom is 0.165 e. The molecule has 0 N–H and O–H groups in total. The fraction of sp³-hybridized carbons (Fsp3) is 1.00. The zero-order valence-electron chi connectivity index (χ0n) is 6.72. The van der Waals surface area contributed by atoms with E-state index in [9.17, 15) is 0 Å². The van der Waals surface area contributed by atoms with Gasteiger partial charge < -0.3 is 14.2 Å². The van der Waals surface area contributed by atoms with Crippen LogP contribution in [0.4, 0.5) is 0 Å². The van der Waals surface area contributed by atoms with Crippen molar-refractivity contribution in [2.24, 2.45) is 0 Å². The molecule has 1 fully saturated rings. The smallest absolute Gasteiger partial charge is 0.165 e. The predicted octanol–water partition coefficient (Wildman–Crippen LogP) is 1.13. The Bertz CT molecular complexity index is 111. The molecule has 0 aromatic carbocycles. The van der Waals surface area contributed by atoms with Crippen LogP contribution in [0.15, 0.2) is 0 Å². The van der Waals surface area contributed by atoms with Crippen LogP contribution in [0, 0.1) is 0 Å². The standard InChI is InChI=1S/C7H14O3/c1-6-4-9-7(2,3)10-5-8-6/h6H,4-5H2,1-3H3. The van der Waals surface area contributed by atoms with Crippen molar-refractivity contribution >= 4 is 0 Å². The van der Waals surface area contributed by atoms with E-state index in [0.29, 0.717) is 13.4 Å². The second kappa shape index (κ2) is 2.86. The third-order valence-electron chi connectivity index (χ3n) is 1.42. The van der Waals surface area contributed by atoms with E-state index < -0.39 is 5.79 Å². The van der Waals surface area contributed by atoms with Gasteiger partial charge in [-0.2, -0.15) is 0 Å². The summed E-state index contributed by atoms with van der Waals surface area (Å²) in [5.74, 6) is -0.481. The second-order valence-electron chi connectivity index (χ2n) is 2.95. The summed E-state index contributed by atoms with van der Waals surface area (Å²) >= 11 is 0. The Hall–Kier alpha value is -0.120. The van der Waals surface area contributed by atoms with Crippen molar-refractivity contribution < 1.29 is 14.2 Å². The molecule has 0 saturated carbocycles. The molecule has 1 aliphatic rings. The summed E-state index contributed by atoms with van der Waals surface area (Å²) in [4.78, 5) is 0. The van der Waals surface area contributed by atoms with Crippen LogP contribution in [0.2, 0.25) is 0 Å². The monoisotopic (exact) mass is 146 g/mol. The quantitative estimate of drug-likeness (QED) is 0.512. The number of hydrogen-bond donors (Lipinski definition) is 0. The zero-order valence-corrected chi connectivity index (χ0v) is 6.72.